The SMILES string of the molecule is CCS(=O)(=O)N1CCN(Cc2cnc3ccccn23)CC1. The average molecular weight is 308 g/mol. The number of pyridine rings is 1. The van der Waals surface area contributed by atoms with Crippen molar-refractivity contribution in [1.29, 1.82) is 0 Å². The summed E-state index contributed by atoms with van der Waals surface area (Å²) in [5, 5.41) is 0. The zero-order chi connectivity index (χ0) is 14.9. The Bertz CT molecular complexity index is 717. The van der Waals surface area contributed by atoms with Gasteiger partial charge in [-0.2, -0.15) is 4.31 Å². The van der Waals surface area contributed by atoms with E-state index in [0.717, 1.165) is 31.0 Å². The first-order valence-corrected chi connectivity index (χ1v) is 8.82. The van der Waals surface area contributed by atoms with Gasteiger partial charge in [0.2, 0.25) is 10.0 Å². The van der Waals surface area contributed by atoms with E-state index in [1.165, 1.54) is 0 Å². The van der Waals surface area contributed by atoms with Crippen LogP contribution in [0.5, 0.6) is 0 Å². The largest absolute Gasteiger partial charge is 0.303 e. The Kier molecular flexibility index (Phi) is 3.97. The normalized spacial score (nSPS) is 18.3. The van der Waals surface area contributed by atoms with Gasteiger partial charge in [0.15, 0.2) is 0 Å². The van der Waals surface area contributed by atoms with Gasteiger partial charge in [0.05, 0.1) is 17.6 Å². The molecule has 7 heteroatoms. The summed E-state index contributed by atoms with van der Waals surface area (Å²) < 4.78 is 27.4. The lowest BCUT2D eigenvalue weighted by atomic mass is 10.3. The van der Waals surface area contributed by atoms with E-state index in [-0.39, 0.29) is 5.75 Å². The highest BCUT2D eigenvalue weighted by Crippen LogP contribution is 2.13. The minimum absolute atomic E-state index is 0.181. The van der Waals surface area contributed by atoms with Crippen LogP contribution in [-0.2, 0) is 16.6 Å². The molecular weight excluding hydrogens is 288 g/mol. The summed E-state index contributed by atoms with van der Waals surface area (Å²) in [6.07, 6.45) is 3.90. The fraction of sp³-hybridized carbons (Fsp3) is 0.500. The predicted octanol–water partition coefficient (Wildman–Crippen LogP) is 0.802. The fourth-order valence-corrected chi connectivity index (χ4v) is 3.76. The summed E-state index contributed by atoms with van der Waals surface area (Å²) in [5.41, 5.74) is 2.08. The number of fused-ring (bicyclic) bond motifs is 1. The highest BCUT2D eigenvalue weighted by molar-refractivity contribution is 7.89. The molecule has 2 aromatic rings. The second-order valence-electron chi connectivity index (χ2n) is 5.25. The van der Waals surface area contributed by atoms with E-state index in [4.69, 9.17) is 0 Å². The Morgan fingerprint density at radius 1 is 1.19 bits per heavy atom. The lowest BCUT2D eigenvalue weighted by Gasteiger charge is -2.33. The van der Waals surface area contributed by atoms with Crippen molar-refractivity contribution >= 4 is 15.7 Å². The maximum atomic E-state index is 11.8. The molecule has 0 saturated carbocycles. The van der Waals surface area contributed by atoms with Crippen molar-refractivity contribution in [3.63, 3.8) is 0 Å². The molecule has 0 unspecified atom stereocenters. The van der Waals surface area contributed by atoms with Crippen molar-refractivity contribution in [2.45, 2.75) is 13.5 Å². The lowest BCUT2D eigenvalue weighted by Crippen LogP contribution is -2.48. The van der Waals surface area contributed by atoms with Gasteiger partial charge in [0.1, 0.15) is 5.65 Å². The Balaban J connectivity index is 1.66. The van der Waals surface area contributed by atoms with Crippen LogP contribution in [0, 0.1) is 0 Å². The number of aromatic nitrogens is 2. The van der Waals surface area contributed by atoms with Crippen LogP contribution in [0.1, 0.15) is 12.6 Å². The van der Waals surface area contributed by atoms with Gasteiger partial charge in [0, 0.05) is 38.9 Å². The van der Waals surface area contributed by atoms with Gasteiger partial charge in [-0.3, -0.25) is 4.90 Å². The van der Waals surface area contributed by atoms with E-state index in [0.29, 0.717) is 13.1 Å². The second kappa shape index (κ2) is 5.75. The molecule has 0 N–H and O–H groups in total. The summed E-state index contributed by atoms with van der Waals surface area (Å²) in [6.45, 7) is 5.17. The van der Waals surface area contributed by atoms with E-state index >= 15 is 0 Å². The van der Waals surface area contributed by atoms with Gasteiger partial charge >= 0.3 is 0 Å². The van der Waals surface area contributed by atoms with E-state index in [9.17, 15) is 8.42 Å². The minimum Gasteiger partial charge on any atom is -0.303 e. The van der Waals surface area contributed by atoms with Gasteiger partial charge in [-0.05, 0) is 19.1 Å². The molecule has 0 amide bonds. The van der Waals surface area contributed by atoms with Crippen LogP contribution in [0.15, 0.2) is 30.6 Å². The molecule has 0 spiro atoms. The van der Waals surface area contributed by atoms with Gasteiger partial charge in [-0.1, -0.05) is 6.07 Å². The molecule has 0 radical (unpaired) electrons. The van der Waals surface area contributed by atoms with E-state index < -0.39 is 10.0 Å². The Morgan fingerprint density at radius 2 is 1.95 bits per heavy atom. The van der Waals surface area contributed by atoms with Crippen LogP contribution in [0.25, 0.3) is 5.65 Å². The highest BCUT2D eigenvalue weighted by Gasteiger charge is 2.25. The minimum atomic E-state index is -3.05. The molecule has 0 aromatic carbocycles. The highest BCUT2D eigenvalue weighted by atomic mass is 32.2. The van der Waals surface area contributed by atoms with Crippen molar-refractivity contribution in [3.05, 3.63) is 36.3 Å². The topological polar surface area (TPSA) is 57.9 Å². The smallest absolute Gasteiger partial charge is 0.213 e. The van der Waals surface area contributed by atoms with Crippen LogP contribution in [0.4, 0.5) is 0 Å². The number of hydrogen-bond donors (Lipinski definition) is 0. The summed E-state index contributed by atoms with van der Waals surface area (Å²) in [7, 11) is -3.05. The molecule has 2 aromatic heterocycles. The summed E-state index contributed by atoms with van der Waals surface area (Å²) in [4.78, 5) is 6.66. The zero-order valence-electron chi connectivity index (χ0n) is 12.1. The van der Waals surface area contributed by atoms with Crippen LogP contribution < -0.4 is 0 Å². The number of nitrogens with zero attached hydrogens (tertiary/aromatic N) is 4. The van der Waals surface area contributed by atoms with Crippen LogP contribution >= 0.6 is 0 Å². The molecule has 1 aliphatic rings. The number of sulfonamides is 1. The summed E-state index contributed by atoms with van der Waals surface area (Å²) in [5.74, 6) is 0.181. The lowest BCUT2D eigenvalue weighted by molar-refractivity contribution is 0.179. The van der Waals surface area contributed by atoms with Gasteiger partial charge in [-0.25, -0.2) is 13.4 Å². The molecule has 3 rings (SSSR count). The number of rotatable bonds is 4. The first-order valence-electron chi connectivity index (χ1n) is 7.21. The third-order valence-corrected chi connectivity index (χ3v) is 5.85. The molecular formula is C14H20N4O2S. The van der Waals surface area contributed by atoms with Crippen molar-refractivity contribution in [3.8, 4) is 0 Å². The van der Waals surface area contributed by atoms with Gasteiger partial charge in [0.25, 0.3) is 0 Å². The Hall–Kier alpha value is -1.44. The maximum absolute atomic E-state index is 11.8. The average Bonchev–Trinajstić information content (AvgIpc) is 2.91. The zero-order valence-corrected chi connectivity index (χ0v) is 13.0. The fourth-order valence-electron chi connectivity index (χ4n) is 2.68. The second-order valence-corrected chi connectivity index (χ2v) is 7.51. The van der Waals surface area contributed by atoms with Crippen molar-refractivity contribution in [1.82, 2.24) is 18.6 Å². The van der Waals surface area contributed by atoms with Crippen LogP contribution in [0.3, 0.4) is 0 Å². The van der Waals surface area contributed by atoms with Crippen LogP contribution in [-0.4, -0.2) is 58.9 Å². The van der Waals surface area contributed by atoms with Crippen LogP contribution in [0.2, 0.25) is 0 Å². The predicted molar refractivity (Wildman–Crippen MR) is 81.5 cm³/mol. The molecule has 6 nitrogen and oxygen atoms in total. The number of piperazine rings is 1. The van der Waals surface area contributed by atoms with Crippen molar-refractivity contribution in [2.24, 2.45) is 0 Å². The first-order chi connectivity index (χ1) is 10.1. The summed E-state index contributed by atoms with van der Waals surface area (Å²) >= 11 is 0. The molecule has 0 aliphatic carbocycles. The molecule has 0 bridgehead atoms. The van der Waals surface area contributed by atoms with Gasteiger partial charge in [-0.15, -0.1) is 0 Å². The molecule has 1 fully saturated rings. The molecule has 1 saturated heterocycles. The third-order valence-electron chi connectivity index (χ3n) is 3.97. The molecule has 3 heterocycles. The number of imidazole rings is 1. The maximum Gasteiger partial charge on any atom is 0.213 e. The third kappa shape index (κ3) is 2.95. The molecule has 21 heavy (non-hydrogen) atoms. The van der Waals surface area contributed by atoms with E-state index in [1.807, 2.05) is 30.6 Å². The number of hydrogen-bond acceptors (Lipinski definition) is 4. The molecule has 1 aliphatic heterocycles. The Labute approximate surface area is 125 Å². The van der Waals surface area contributed by atoms with Crippen molar-refractivity contribution in [2.75, 3.05) is 31.9 Å². The monoisotopic (exact) mass is 308 g/mol. The Morgan fingerprint density at radius 3 is 2.67 bits per heavy atom. The molecule has 114 valence electrons. The van der Waals surface area contributed by atoms with E-state index in [1.54, 1.807) is 11.2 Å². The van der Waals surface area contributed by atoms with Gasteiger partial charge < -0.3 is 4.40 Å². The van der Waals surface area contributed by atoms with E-state index in [2.05, 4.69) is 14.3 Å². The molecule has 0 atom stereocenters. The van der Waals surface area contributed by atoms with Crippen molar-refractivity contribution < 1.29 is 8.42 Å². The first kappa shape index (κ1) is 14.5. The summed E-state index contributed by atoms with van der Waals surface area (Å²) in [6, 6.07) is 5.94. The quantitative estimate of drug-likeness (QED) is 0.838. The standard InChI is InChI=1S/C14H20N4O2S/c1-2-21(19,20)17-9-7-16(8-10-17)12-13-11-15-14-5-3-4-6-18(13)14/h3-6,11H,2,7-10,12H2,1H3.